The molecule has 1 N–H and O–H groups in total. The second kappa shape index (κ2) is 10.3. The molecule has 1 atom stereocenters. The standard InChI is InChI=1S/C31H27ClN2O2S/c1-20-15-26-29(36-19-25-12-9-23(16-33-25)22-5-3-2-4-6-22)14-13-27-30(26)31(37-20)28(18-35)34(27)17-21-7-10-24(32)11-8-21/h2-14,16,20,35H,15,17-19H2,1H3. The molecule has 0 radical (unpaired) electrons. The molecule has 37 heavy (non-hydrogen) atoms. The molecule has 1 unspecified atom stereocenters. The quantitative estimate of drug-likeness (QED) is 0.238. The summed E-state index contributed by atoms with van der Waals surface area (Å²) in [7, 11) is 0. The first-order chi connectivity index (χ1) is 18.1. The smallest absolute Gasteiger partial charge is 0.130 e. The molecule has 0 amide bonds. The van der Waals surface area contributed by atoms with Crippen molar-refractivity contribution in [1.29, 1.82) is 0 Å². The van der Waals surface area contributed by atoms with E-state index in [0.717, 1.165) is 55.7 Å². The summed E-state index contributed by atoms with van der Waals surface area (Å²) in [6, 6.07) is 26.5. The van der Waals surface area contributed by atoms with Gasteiger partial charge in [-0.15, -0.1) is 11.8 Å². The van der Waals surface area contributed by atoms with Gasteiger partial charge in [0.1, 0.15) is 12.4 Å². The van der Waals surface area contributed by atoms with Crippen molar-refractivity contribution >= 4 is 34.3 Å². The van der Waals surface area contributed by atoms with Gasteiger partial charge in [-0.2, -0.15) is 0 Å². The summed E-state index contributed by atoms with van der Waals surface area (Å²) in [5, 5.41) is 12.7. The summed E-state index contributed by atoms with van der Waals surface area (Å²) in [6.45, 7) is 3.31. The lowest BCUT2D eigenvalue weighted by Crippen LogP contribution is -2.10. The number of benzene rings is 3. The third-order valence-corrected chi connectivity index (χ3v) is 8.37. The largest absolute Gasteiger partial charge is 0.487 e. The molecule has 0 saturated heterocycles. The molecule has 0 fully saturated rings. The molecule has 1 aliphatic rings. The van der Waals surface area contributed by atoms with Gasteiger partial charge in [0.15, 0.2) is 0 Å². The number of ether oxygens (including phenoxy) is 1. The Morgan fingerprint density at radius 2 is 1.81 bits per heavy atom. The molecule has 6 rings (SSSR count). The summed E-state index contributed by atoms with van der Waals surface area (Å²) < 4.78 is 8.59. The summed E-state index contributed by atoms with van der Waals surface area (Å²) in [4.78, 5) is 5.81. The lowest BCUT2D eigenvalue weighted by molar-refractivity contribution is 0.269. The highest BCUT2D eigenvalue weighted by atomic mass is 35.5. The predicted octanol–water partition coefficient (Wildman–Crippen LogP) is 7.51. The molecule has 3 heterocycles. The van der Waals surface area contributed by atoms with Gasteiger partial charge in [-0.3, -0.25) is 4.98 Å². The zero-order valence-corrected chi connectivity index (χ0v) is 22.1. The Hall–Kier alpha value is -3.25. The van der Waals surface area contributed by atoms with Gasteiger partial charge in [0.2, 0.25) is 0 Å². The van der Waals surface area contributed by atoms with Gasteiger partial charge in [-0.25, -0.2) is 0 Å². The second-order valence-electron chi connectivity index (χ2n) is 9.41. The van der Waals surface area contributed by atoms with Crippen LogP contribution in [0.25, 0.3) is 22.0 Å². The third kappa shape index (κ3) is 4.75. The number of halogens is 1. The van der Waals surface area contributed by atoms with E-state index >= 15 is 0 Å². The van der Waals surface area contributed by atoms with Crippen LogP contribution < -0.4 is 4.74 Å². The van der Waals surface area contributed by atoms with E-state index in [-0.39, 0.29) is 6.61 Å². The van der Waals surface area contributed by atoms with Gasteiger partial charge < -0.3 is 14.4 Å². The van der Waals surface area contributed by atoms with E-state index < -0.39 is 0 Å². The van der Waals surface area contributed by atoms with Crippen LogP contribution in [0.4, 0.5) is 0 Å². The van der Waals surface area contributed by atoms with Crippen LogP contribution in [-0.2, 0) is 26.2 Å². The first-order valence-electron chi connectivity index (χ1n) is 12.4. The van der Waals surface area contributed by atoms with Gasteiger partial charge in [-0.1, -0.05) is 67.1 Å². The fourth-order valence-electron chi connectivity index (χ4n) is 5.08. The number of aromatic nitrogens is 2. The van der Waals surface area contributed by atoms with E-state index in [2.05, 4.69) is 46.8 Å². The predicted molar refractivity (Wildman–Crippen MR) is 151 cm³/mol. The van der Waals surface area contributed by atoms with E-state index in [1.165, 1.54) is 10.9 Å². The third-order valence-electron chi connectivity index (χ3n) is 6.88. The molecule has 5 aromatic rings. The molecule has 0 aliphatic carbocycles. The molecular weight excluding hydrogens is 500 g/mol. The molecule has 4 nitrogen and oxygen atoms in total. The summed E-state index contributed by atoms with van der Waals surface area (Å²) >= 11 is 7.94. The second-order valence-corrected chi connectivity index (χ2v) is 11.3. The van der Waals surface area contributed by atoms with Crippen LogP contribution in [0.2, 0.25) is 5.02 Å². The molecule has 0 saturated carbocycles. The minimum atomic E-state index is -0.00929. The number of nitrogens with zero attached hydrogens (tertiary/aromatic N) is 2. The van der Waals surface area contributed by atoms with Crippen molar-refractivity contribution in [2.24, 2.45) is 0 Å². The van der Waals surface area contributed by atoms with E-state index in [4.69, 9.17) is 16.3 Å². The fraction of sp³-hybridized carbons (Fsp3) is 0.194. The Morgan fingerprint density at radius 1 is 1.00 bits per heavy atom. The van der Waals surface area contributed by atoms with E-state index in [9.17, 15) is 5.11 Å². The molecule has 3 aromatic carbocycles. The SMILES string of the molecule is CC1Cc2c(OCc3ccc(-c4ccccc4)cn3)ccc3c2c(c(CO)n3Cc2ccc(Cl)cc2)S1. The zero-order chi connectivity index (χ0) is 25.4. The van der Waals surface area contributed by atoms with E-state index in [1.807, 2.05) is 66.5 Å². The first kappa shape index (κ1) is 24.1. The highest BCUT2D eigenvalue weighted by molar-refractivity contribution is 8.00. The normalized spacial score (nSPS) is 14.7. The zero-order valence-electron chi connectivity index (χ0n) is 20.5. The first-order valence-corrected chi connectivity index (χ1v) is 13.7. The number of hydrogen-bond acceptors (Lipinski definition) is 4. The molecule has 1 aliphatic heterocycles. The number of thioether (sulfide) groups is 1. The van der Waals surface area contributed by atoms with Crippen molar-refractivity contribution in [3.63, 3.8) is 0 Å². The van der Waals surface area contributed by atoms with Gasteiger partial charge in [0, 0.05) is 44.4 Å². The van der Waals surface area contributed by atoms with Crippen molar-refractivity contribution in [3.8, 4) is 16.9 Å². The van der Waals surface area contributed by atoms with Crippen LogP contribution >= 0.6 is 23.4 Å². The van der Waals surface area contributed by atoms with Gasteiger partial charge in [-0.05, 0) is 47.9 Å². The maximum absolute atomic E-state index is 10.4. The van der Waals surface area contributed by atoms with Crippen LogP contribution in [0.3, 0.4) is 0 Å². The number of rotatable bonds is 7. The number of aliphatic hydroxyl groups excluding tert-OH is 1. The summed E-state index contributed by atoms with van der Waals surface area (Å²) in [5.41, 5.74) is 7.57. The minimum Gasteiger partial charge on any atom is -0.487 e. The van der Waals surface area contributed by atoms with Gasteiger partial charge in [0.25, 0.3) is 0 Å². The fourth-order valence-corrected chi connectivity index (χ4v) is 6.51. The molecule has 0 spiro atoms. The lowest BCUT2D eigenvalue weighted by atomic mass is 10.0. The minimum absolute atomic E-state index is 0.00929. The molecular formula is C31H27ClN2O2S. The van der Waals surface area contributed by atoms with Crippen LogP contribution in [0.5, 0.6) is 5.75 Å². The van der Waals surface area contributed by atoms with Crippen molar-refractivity contribution in [1.82, 2.24) is 9.55 Å². The van der Waals surface area contributed by atoms with Crippen LogP contribution in [0.15, 0.2) is 90.0 Å². The molecule has 186 valence electrons. The van der Waals surface area contributed by atoms with Crippen LogP contribution in [-0.4, -0.2) is 19.9 Å². The number of hydrogen-bond donors (Lipinski definition) is 1. The molecule has 2 aromatic heterocycles. The summed E-state index contributed by atoms with van der Waals surface area (Å²) in [5.74, 6) is 0.892. The van der Waals surface area contributed by atoms with E-state index in [0.29, 0.717) is 18.4 Å². The Bertz CT molecular complexity index is 1550. The average Bonchev–Trinajstić information content (AvgIpc) is 3.22. The van der Waals surface area contributed by atoms with Crippen molar-refractivity contribution in [2.45, 2.75) is 43.2 Å². The Labute approximate surface area is 225 Å². The maximum atomic E-state index is 10.4. The Morgan fingerprint density at radius 3 is 2.54 bits per heavy atom. The monoisotopic (exact) mass is 526 g/mol. The molecule has 6 heteroatoms. The Kier molecular flexibility index (Phi) is 6.68. The van der Waals surface area contributed by atoms with Gasteiger partial charge >= 0.3 is 0 Å². The highest BCUT2D eigenvalue weighted by Gasteiger charge is 2.28. The maximum Gasteiger partial charge on any atom is 0.130 e. The lowest BCUT2D eigenvalue weighted by Gasteiger charge is -2.22. The van der Waals surface area contributed by atoms with Crippen molar-refractivity contribution < 1.29 is 9.84 Å². The molecule has 0 bridgehead atoms. The van der Waals surface area contributed by atoms with Crippen LogP contribution in [0, 0.1) is 0 Å². The van der Waals surface area contributed by atoms with E-state index in [1.54, 1.807) is 0 Å². The van der Waals surface area contributed by atoms with Crippen molar-refractivity contribution in [3.05, 3.63) is 113 Å². The topological polar surface area (TPSA) is 47.3 Å². The Balaban J connectivity index is 1.31. The van der Waals surface area contributed by atoms with Crippen LogP contribution in [0.1, 0.15) is 29.4 Å². The van der Waals surface area contributed by atoms with Crippen molar-refractivity contribution in [2.75, 3.05) is 0 Å². The van der Waals surface area contributed by atoms with Gasteiger partial charge in [0.05, 0.1) is 23.5 Å². The number of pyridine rings is 1. The highest BCUT2D eigenvalue weighted by Crippen LogP contribution is 2.47. The summed E-state index contributed by atoms with van der Waals surface area (Å²) in [6.07, 6.45) is 2.82. The average molecular weight is 527 g/mol. The number of aliphatic hydroxyl groups is 1.